The van der Waals surface area contributed by atoms with Crippen molar-refractivity contribution in [2.45, 2.75) is 57.1 Å². The number of alkyl halides is 2. The normalized spacial score (nSPS) is 22.4. The average Bonchev–Trinajstić information content (AvgIpc) is 3.92. The maximum absolute atomic E-state index is 14.4. The Morgan fingerprint density at radius 2 is 1.83 bits per heavy atom. The number of amides is 2. The second-order valence-electron chi connectivity index (χ2n) is 11.7. The first kappa shape index (κ1) is 28.0. The van der Waals surface area contributed by atoms with Crippen LogP contribution in [0.2, 0.25) is 0 Å². The van der Waals surface area contributed by atoms with Gasteiger partial charge in [0.2, 0.25) is 5.91 Å². The number of hydrogen-bond acceptors (Lipinski definition) is 7. The number of halogens is 2. The number of piperidine rings is 1. The van der Waals surface area contributed by atoms with Crippen molar-refractivity contribution in [3.8, 4) is 0 Å². The van der Waals surface area contributed by atoms with Crippen LogP contribution >= 0.6 is 0 Å². The number of carbonyl (C=O) groups is 3. The van der Waals surface area contributed by atoms with Gasteiger partial charge in [-0.15, -0.1) is 0 Å². The lowest BCUT2D eigenvalue weighted by Crippen LogP contribution is -2.59. The molecule has 3 aromatic rings. The number of ether oxygens (including phenoxy) is 2. The van der Waals surface area contributed by atoms with E-state index >= 15 is 0 Å². The SMILES string of the molecule is COC(=O)C1(Cc2ccc3nc(C(NC(=O)OCc4ccccc4)C(C4CC4)C4CC4)cn3n2)CC(F)(F)CNC1=O. The summed E-state index contributed by atoms with van der Waals surface area (Å²) in [6, 6.07) is 12.2. The minimum Gasteiger partial charge on any atom is -0.468 e. The van der Waals surface area contributed by atoms with Crippen LogP contribution in [-0.4, -0.2) is 52.1 Å². The zero-order chi connectivity index (χ0) is 29.5. The second kappa shape index (κ2) is 11.0. The number of carbonyl (C=O) groups excluding carboxylic acids is 3. The van der Waals surface area contributed by atoms with Gasteiger partial charge in [0, 0.05) is 12.8 Å². The molecule has 2 aromatic heterocycles. The first-order chi connectivity index (χ1) is 20.2. The molecule has 0 spiro atoms. The Bertz CT molecular complexity index is 1470. The molecule has 222 valence electrons. The second-order valence-corrected chi connectivity index (χ2v) is 11.7. The molecule has 3 fully saturated rings. The predicted molar refractivity (Wildman–Crippen MR) is 145 cm³/mol. The Hall–Kier alpha value is -4.09. The third-order valence-electron chi connectivity index (χ3n) is 8.48. The van der Waals surface area contributed by atoms with E-state index in [1.54, 1.807) is 18.3 Å². The van der Waals surface area contributed by atoms with Gasteiger partial charge >= 0.3 is 12.1 Å². The summed E-state index contributed by atoms with van der Waals surface area (Å²) in [6.45, 7) is -0.700. The summed E-state index contributed by atoms with van der Waals surface area (Å²) < 4.78 is 40.6. The summed E-state index contributed by atoms with van der Waals surface area (Å²) in [5.41, 5.74) is 0.107. The lowest BCUT2D eigenvalue weighted by atomic mass is 9.74. The monoisotopic (exact) mass is 581 g/mol. The largest absolute Gasteiger partial charge is 0.468 e. The van der Waals surface area contributed by atoms with Crippen molar-refractivity contribution in [1.82, 2.24) is 25.2 Å². The lowest BCUT2D eigenvalue weighted by molar-refractivity contribution is -0.172. The molecular formula is C30H33F2N5O5. The van der Waals surface area contributed by atoms with Gasteiger partial charge in [0.15, 0.2) is 11.1 Å². The van der Waals surface area contributed by atoms with E-state index in [2.05, 4.69) is 15.7 Å². The summed E-state index contributed by atoms with van der Waals surface area (Å²) in [4.78, 5) is 43.2. The molecule has 10 nitrogen and oxygen atoms in total. The van der Waals surface area contributed by atoms with Crippen molar-refractivity contribution in [2.24, 2.45) is 23.2 Å². The van der Waals surface area contributed by atoms with E-state index in [-0.39, 0.29) is 24.6 Å². The van der Waals surface area contributed by atoms with Crippen molar-refractivity contribution < 1.29 is 32.6 Å². The first-order valence-corrected chi connectivity index (χ1v) is 14.2. The standard InChI is InChI=1S/C30H33F2N5O5/c1-41-27(39)29(16-30(31,32)17-33-26(29)38)13-21-11-12-23-34-22(14-37(23)36-21)25(24(19-7-8-19)20-9-10-20)35-28(40)42-15-18-5-3-2-4-6-18/h2-6,11-12,14,19-20,24-25H,7-10,13,15-17H2,1H3,(H,33,38)(H,35,40). The number of hydrogen-bond donors (Lipinski definition) is 2. The number of nitrogens with one attached hydrogen (secondary N) is 2. The highest BCUT2D eigenvalue weighted by Crippen LogP contribution is 2.54. The van der Waals surface area contributed by atoms with Gasteiger partial charge in [-0.3, -0.25) is 9.59 Å². The molecule has 1 aromatic carbocycles. The van der Waals surface area contributed by atoms with E-state index in [0.717, 1.165) is 38.4 Å². The molecule has 2 N–H and O–H groups in total. The maximum Gasteiger partial charge on any atom is 0.408 e. The Kier molecular flexibility index (Phi) is 7.32. The molecule has 1 aliphatic heterocycles. The topological polar surface area (TPSA) is 124 Å². The van der Waals surface area contributed by atoms with Gasteiger partial charge in [0.05, 0.1) is 37.3 Å². The molecule has 2 saturated carbocycles. The quantitative estimate of drug-likeness (QED) is 0.274. The molecule has 2 unspecified atom stereocenters. The average molecular weight is 582 g/mol. The fraction of sp³-hybridized carbons (Fsp3) is 0.500. The van der Waals surface area contributed by atoms with Crippen LogP contribution in [0.25, 0.3) is 5.65 Å². The fourth-order valence-corrected chi connectivity index (χ4v) is 6.18. The van der Waals surface area contributed by atoms with E-state index < -0.39 is 48.3 Å². The molecule has 2 amide bonds. The summed E-state index contributed by atoms with van der Waals surface area (Å²) in [5.74, 6) is -3.96. The van der Waals surface area contributed by atoms with Crippen molar-refractivity contribution in [3.05, 3.63) is 65.6 Å². The number of alkyl carbamates (subject to hydrolysis) is 1. The number of nitrogens with zero attached hydrogens (tertiary/aromatic N) is 3. The number of benzene rings is 1. The van der Waals surface area contributed by atoms with Gasteiger partial charge in [0.25, 0.3) is 5.92 Å². The summed E-state index contributed by atoms with van der Waals surface area (Å²) in [6.07, 6.45) is 4.20. The lowest BCUT2D eigenvalue weighted by Gasteiger charge is -2.37. The minimum atomic E-state index is -3.27. The summed E-state index contributed by atoms with van der Waals surface area (Å²) >= 11 is 0. The summed E-state index contributed by atoms with van der Waals surface area (Å²) in [7, 11) is 1.07. The highest BCUT2D eigenvalue weighted by atomic mass is 19.3. The van der Waals surface area contributed by atoms with E-state index in [0.29, 0.717) is 23.2 Å². The molecule has 2 aliphatic carbocycles. The van der Waals surface area contributed by atoms with Crippen LogP contribution in [0.3, 0.4) is 0 Å². The molecular weight excluding hydrogens is 548 g/mol. The molecule has 2 atom stereocenters. The van der Waals surface area contributed by atoms with Gasteiger partial charge in [-0.1, -0.05) is 30.3 Å². The zero-order valence-electron chi connectivity index (χ0n) is 23.2. The van der Waals surface area contributed by atoms with E-state index in [9.17, 15) is 23.2 Å². The smallest absolute Gasteiger partial charge is 0.408 e. The molecule has 6 rings (SSSR count). The van der Waals surface area contributed by atoms with Crippen LogP contribution in [0.5, 0.6) is 0 Å². The van der Waals surface area contributed by atoms with Gasteiger partial charge in [0.1, 0.15) is 6.61 Å². The van der Waals surface area contributed by atoms with Crippen LogP contribution < -0.4 is 10.6 Å². The van der Waals surface area contributed by atoms with Gasteiger partial charge in [-0.25, -0.2) is 23.1 Å². The van der Waals surface area contributed by atoms with Gasteiger partial charge < -0.3 is 20.1 Å². The van der Waals surface area contributed by atoms with E-state index in [4.69, 9.17) is 14.5 Å². The van der Waals surface area contributed by atoms with Crippen LogP contribution in [0.1, 0.15) is 55.1 Å². The van der Waals surface area contributed by atoms with Crippen LogP contribution in [0.15, 0.2) is 48.7 Å². The van der Waals surface area contributed by atoms with E-state index in [1.807, 2.05) is 30.3 Å². The number of fused-ring (bicyclic) bond motifs is 1. The van der Waals surface area contributed by atoms with Gasteiger partial charge in [-0.05, 0) is 61.1 Å². The Balaban J connectivity index is 1.27. The minimum absolute atomic E-state index is 0.140. The van der Waals surface area contributed by atoms with Crippen molar-refractivity contribution in [2.75, 3.05) is 13.7 Å². The Morgan fingerprint density at radius 3 is 2.50 bits per heavy atom. The predicted octanol–water partition coefficient (Wildman–Crippen LogP) is 3.99. The zero-order valence-corrected chi connectivity index (χ0v) is 23.2. The highest BCUT2D eigenvalue weighted by Gasteiger charge is 2.57. The number of aromatic nitrogens is 3. The van der Waals surface area contributed by atoms with Crippen molar-refractivity contribution >= 4 is 23.6 Å². The molecule has 1 saturated heterocycles. The molecule has 12 heteroatoms. The molecule has 42 heavy (non-hydrogen) atoms. The van der Waals surface area contributed by atoms with Gasteiger partial charge in [-0.2, -0.15) is 5.10 Å². The van der Waals surface area contributed by atoms with Crippen LogP contribution in [0, 0.1) is 23.2 Å². The Morgan fingerprint density at radius 1 is 1.12 bits per heavy atom. The van der Waals surface area contributed by atoms with Crippen LogP contribution in [0.4, 0.5) is 13.6 Å². The summed E-state index contributed by atoms with van der Waals surface area (Å²) in [5, 5.41) is 9.75. The molecule has 3 heterocycles. The number of rotatable bonds is 10. The third-order valence-corrected chi connectivity index (χ3v) is 8.48. The highest BCUT2D eigenvalue weighted by molar-refractivity contribution is 6.03. The maximum atomic E-state index is 14.4. The third kappa shape index (κ3) is 5.79. The van der Waals surface area contributed by atoms with E-state index in [1.165, 1.54) is 4.52 Å². The number of methoxy groups -OCH3 is 1. The molecule has 0 bridgehead atoms. The van der Waals surface area contributed by atoms with Crippen molar-refractivity contribution in [3.63, 3.8) is 0 Å². The Labute approximate surface area is 241 Å². The molecule has 3 aliphatic rings. The first-order valence-electron chi connectivity index (χ1n) is 14.2. The molecule has 0 radical (unpaired) electrons. The van der Waals surface area contributed by atoms with Crippen molar-refractivity contribution in [1.29, 1.82) is 0 Å². The van der Waals surface area contributed by atoms with Crippen LogP contribution in [-0.2, 0) is 32.1 Å². The number of esters is 1. The number of imidazole rings is 1. The fourth-order valence-electron chi connectivity index (χ4n) is 6.18.